The number of amides is 1. The lowest BCUT2D eigenvalue weighted by atomic mass is 9.95. The lowest BCUT2D eigenvalue weighted by Crippen LogP contribution is -2.40. The van der Waals surface area contributed by atoms with E-state index < -0.39 is 0 Å². The highest BCUT2D eigenvalue weighted by atomic mass is 16.5. The van der Waals surface area contributed by atoms with Gasteiger partial charge in [-0.25, -0.2) is 0 Å². The van der Waals surface area contributed by atoms with E-state index in [4.69, 9.17) is 4.74 Å². The summed E-state index contributed by atoms with van der Waals surface area (Å²) < 4.78 is 5.66. The van der Waals surface area contributed by atoms with Crippen LogP contribution in [0.3, 0.4) is 0 Å². The van der Waals surface area contributed by atoms with Crippen molar-refractivity contribution in [1.29, 1.82) is 0 Å². The lowest BCUT2D eigenvalue weighted by molar-refractivity contribution is -0.126. The molecule has 4 heteroatoms. The Labute approximate surface area is 168 Å². The molecule has 0 spiro atoms. The highest BCUT2D eigenvalue weighted by Gasteiger charge is 2.24. The number of carbonyl (C=O) groups is 1. The summed E-state index contributed by atoms with van der Waals surface area (Å²) >= 11 is 0. The molecule has 0 aliphatic carbocycles. The second-order valence-corrected chi connectivity index (χ2v) is 8.06. The van der Waals surface area contributed by atoms with Crippen molar-refractivity contribution < 1.29 is 9.53 Å². The molecule has 1 heterocycles. The van der Waals surface area contributed by atoms with Gasteiger partial charge in [-0.15, -0.1) is 0 Å². The molecule has 4 nitrogen and oxygen atoms in total. The van der Waals surface area contributed by atoms with Crippen LogP contribution in [0, 0.1) is 12.8 Å². The van der Waals surface area contributed by atoms with E-state index in [1.54, 1.807) is 0 Å². The van der Waals surface area contributed by atoms with Gasteiger partial charge in [-0.05, 0) is 70.0 Å². The fourth-order valence-electron chi connectivity index (χ4n) is 3.60. The molecular weight excluding hydrogens is 348 g/mol. The van der Waals surface area contributed by atoms with E-state index in [2.05, 4.69) is 41.4 Å². The second kappa shape index (κ2) is 9.74. The van der Waals surface area contributed by atoms with Gasteiger partial charge in [0.05, 0.1) is 6.10 Å². The minimum atomic E-state index is 0.123. The molecule has 1 amide bonds. The van der Waals surface area contributed by atoms with E-state index in [1.165, 1.54) is 11.1 Å². The van der Waals surface area contributed by atoms with Crippen LogP contribution in [0.2, 0.25) is 0 Å². The fourth-order valence-corrected chi connectivity index (χ4v) is 3.60. The highest BCUT2D eigenvalue weighted by molar-refractivity contribution is 5.78. The number of likely N-dealkylation sites (tertiary alicyclic amines) is 1. The Bertz CT molecular complexity index is 745. The van der Waals surface area contributed by atoms with Crippen LogP contribution in [0.25, 0.3) is 0 Å². The maximum atomic E-state index is 12.5. The van der Waals surface area contributed by atoms with Crippen LogP contribution in [0.15, 0.2) is 48.5 Å². The number of piperidine rings is 1. The van der Waals surface area contributed by atoms with Gasteiger partial charge >= 0.3 is 0 Å². The third-order valence-electron chi connectivity index (χ3n) is 5.25. The first-order valence-electron chi connectivity index (χ1n) is 10.3. The van der Waals surface area contributed by atoms with Gasteiger partial charge in [0.25, 0.3) is 0 Å². The molecule has 0 radical (unpaired) electrons. The van der Waals surface area contributed by atoms with Gasteiger partial charge in [-0.3, -0.25) is 9.69 Å². The fraction of sp³-hybridized carbons (Fsp3) is 0.458. The predicted octanol–water partition coefficient (Wildman–Crippen LogP) is 4.31. The van der Waals surface area contributed by atoms with Crippen LogP contribution in [0.5, 0.6) is 5.75 Å². The van der Waals surface area contributed by atoms with Crippen molar-refractivity contribution in [3.8, 4) is 5.75 Å². The monoisotopic (exact) mass is 380 g/mol. The number of carbonyl (C=O) groups excluding carboxylic acids is 1. The standard InChI is InChI=1S/C24H32N2O2/c1-18(2)28-23-10-8-20(9-11-23)16-25-24(27)22-12-14-26(15-13-22)17-21-6-4-19(3)5-7-21/h4-11,18,22H,12-17H2,1-3H3,(H,25,27). The van der Waals surface area contributed by atoms with Crippen molar-refractivity contribution in [3.05, 3.63) is 65.2 Å². The molecule has 1 aliphatic rings. The predicted molar refractivity (Wildman–Crippen MR) is 113 cm³/mol. The van der Waals surface area contributed by atoms with E-state index in [1.807, 2.05) is 38.1 Å². The Morgan fingerprint density at radius 2 is 1.64 bits per heavy atom. The smallest absolute Gasteiger partial charge is 0.223 e. The molecule has 0 atom stereocenters. The molecule has 0 aromatic heterocycles. The molecule has 28 heavy (non-hydrogen) atoms. The van der Waals surface area contributed by atoms with Gasteiger partial charge in [0, 0.05) is 19.0 Å². The van der Waals surface area contributed by atoms with Gasteiger partial charge in [0.2, 0.25) is 5.91 Å². The molecule has 1 aliphatic heterocycles. The van der Waals surface area contributed by atoms with E-state index in [0.29, 0.717) is 6.54 Å². The maximum absolute atomic E-state index is 12.5. The molecule has 3 rings (SSSR count). The zero-order valence-electron chi connectivity index (χ0n) is 17.3. The molecule has 1 saturated heterocycles. The highest BCUT2D eigenvalue weighted by Crippen LogP contribution is 2.20. The minimum Gasteiger partial charge on any atom is -0.491 e. The number of hydrogen-bond acceptors (Lipinski definition) is 3. The zero-order chi connectivity index (χ0) is 19.9. The number of rotatable bonds is 7. The Morgan fingerprint density at radius 1 is 1.04 bits per heavy atom. The number of hydrogen-bond donors (Lipinski definition) is 1. The molecular formula is C24H32N2O2. The number of benzene rings is 2. The van der Waals surface area contributed by atoms with Crippen molar-refractivity contribution >= 4 is 5.91 Å². The van der Waals surface area contributed by atoms with Gasteiger partial charge in [0.15, 0.2) is 0 Å². The summed E-state index contributed by atoms with van der Waals surface area (Å²) in [7, 11) is 0. The summed E-state index contributed by atoms with van der Waals surface area (Å²) in [5.41, 5.74) is 3.74. The van der Waals surface area contributed by atoms with Crippen LogP contribution < -0.4 is 10.1 Å². The summed E-state index contributed by atoms with van der Waals surface area (Å²) in [5, 5.41) is 3.10. The molecule has 2 aromatic rings. The van der Waals surface area contributed by atoms with Crippen molar-refractivity contribution in [3.63, 3.8) is 0 Å². The molecule has 1 N–H and O–H groups in total. The van der Waals surface area contributed by atoms with Crippen molar-refractivity contribution in [2.24, 2.45) is 5.92 Å². The first-order valence-corrected chi connectivity index (χ1v) is 10.3. The Morgan fingerprint density at radius 3 is 2.25 bits per heavy atom. The topological polar surface area (TPSA) is 41.6 Å². The molecule has 0 unspecified atom stereocenters. The maximum Gasteiger partial charge on any atom is 0.223 e. The first kappa shape index (κ1) is 20.4. The van der Waals surface area contributed by atoms with E-state index in [0.717, 1.165) is 43.8 Å². The van der Waals surface area contributed by atoms with Crippen LogP contribution >= 0.6 is 0 Å². The molecule has 150 valence electrons. The van der Waals surface area contributed by atoms with Crippen LogP contribution in [-0.4, -0.2) is 30.0 Å². The van der Waals surface area contributed by atoms with Gasteiger partial charge in [-0.1, -0.05) is 42.0 Å². The third-order valence-corrected chi connectivity index (χ3v) is 5.25. The summed E-state index contributed by atoms with van der Waals surface area (Å²) in [6, 6.07) is 16.7. The van der Waals surface area contributed by atoms with Crippen LogP contribution in [0.1, 0.15) is 43.4 Å². The quantitative estimate of drug-likeness (QED) is 0.778. The zero-order valence-corrected chi connectivity index (χ0v) is 17.3. The average molecular weight is 381 g/mol. The lowest BCUT2D eigenvalue weighted by Gasteiger charge is -2.31. The van der Waals surface area contributed by atoms with Crippen molar-refractivity contribution in [1.82, 2.24) is 10.2 Å². The van der Waals surface area contributed by atoms with E-state index in [9.17, 15) is 4.79 Å². The number of nitrogens with zero attached hydrogens (tertiary/aromatic N) is 1. The van der Waals surface area contributed by atoms with Crippen molar-refractivity contribution in [2.75, 3.05) is 13.1 Å². The number of aryl methyl sites for hydroxylation is 1. The summed E-state index contributed by atoms with van der Waals surface area (Å²) in [6.45, 7) is 9.65. The van der Waals surface area contributed by atoms with Gasteiger partial charge in [0.1, 0.15) is 5.75 Å². The summed E-state index contributed by atoms with van der Waals surface area (Å²) in [6.07, 6.45) is 2.03. The SMILES string of the molecule is Cc1ccc(CN2CCC(C(=O)NCc3ccc(OC(C)C)cc3)CC2)cc1. The Kier molecular flexibility index (Phi) is 7.10. The van der Waals surface area contributed by atoms with E-state index >= 15 is 0 Å². The third kappa shape index (κ3) is 6.10. The average Bonchev–Trinajstić information content (AvgIpc) is 2.69. The molecule has 1 fully saturated rings. The van der Waals surface area contributed by atoms with Crippen LogP contribution in [0.4, 0.5) is 0 Å². The molecule has 0 saturated carbocycles. The molecule has 0 bridgehead atoms. The number of ether oxygens (including phenoxy) is 1. The summed E-state index contributed by atoms with van der Waals surface area (Å²) in [4.78, 5) is 15.0. The largest absolute Gasteiger partial charge is 0.491 e. The van der Waals surface area contributed by atoms with Gasteiger partial charge in [-0.2, -0.15) is 0 Å². The van der Waals surface area contributed by atoms with Crippen molar-refractivity contribution in [2.45, 2.75) is 52.8 Å². The Balaban J connectivity index is 1.40. The van der Waals surface area contributed by atoms with E-state index in [-0.39, 0.29) is 17.9 Å². The first-order chi connectivity index (χ1) is 13.5. The minimum absolute atomic E-state index is 0.123. The Hall–Kier alpha value is -2.33. The molecule has 2 aromatic carbocycles. The van der Waals surface area contributed by atoms with Gasteiger partial charge < -0.3 is 10.1 Å². The number of nitrogens with one attached hydrogen (secondary N) is 1. The summed E-state index contributed by atoms with van der Waals surface area (Å²) in [5.74, 6) is 1.17. The normalized spacial score (nSPS) is 15.6. The van der Waals surface area contributed by atoms with Crippen LogP contribution in [-0.2, 0) is 17.9 Å². The second-order valence-electron chi connectivity index (χ2n) is 8.06.